The number of aromatic nitrogens is 3. The molecule has 0 saturated carbocycles. The van der Waals surface area contributed by atoms with E-state index in [1.165, 1.54) is 0 Å². The van der Waals surface area contributed by atoms with Gasteiger partial charge in [-0.2, -0.15) is 0 Å². The van der Waals surface area contributed by atoms with E-state index >= 15 is 0 Å². The minimum atomic E-state index is -0.0197. The second kappa shape index (κ2) is 6.22. The third kappa shape index (κ3) is 3.08. The number of imidazole rings is 1. The van der Waals surface area contributed by atoms with Crippen LogP contribution < -0.4 is 5.56 Å². The third-order valence-corrected chi connectivity index (χ3v) is 4.35. The van der Waals surface area contributed by atoms with Gasteiger partial charge in [-0.05, 0) is 42.3 Å². The zero-order chi connectivity index (χ0) is 17.4. The number of aryl methyl sites for hydroxylation is 1. The number of fused-ring (bicyclic) bond motifs is 1. The molecule has 5 heteroatoms. The minimum Gasteiger partial charge on any atom is -0.311 e. The Hall–Kier alpha value is -2.85. The van der Waals surface area contributed by atoms with Crippen molar-refractivity contribution in [1.82, 2.24) is 14.0 Å². The SMILES string of the molecule is Cc1cn2cc(Cn3ccccc3=O)cc(-c3cccc(Cl)c3)c2n1. The molecular formula is C20H16ClN3O. The summed E-state index contributed by atoms with van der Waals surface area (Å²) in [7, 11) is 0. The largest absolute Gasteiger partial charge is 0.311 e. The Kier molecular flexibility index (Phi) is 3.90. The third-order valence-electron chi connectivity index (χ3n) is 4.12. The molecule has 0 amide bonds. The van der Waals surface area contributed by atoms with E-state index in [1.54, 1.807) is 22.9 Å². The molecule has 124 valence electrons. The van der Waals surface area contributed by atoms with E-state index in [4.69, 9.17) is 11.6 Å². The zero-order valence-electron chi connectivity index (χ0n) is 13.7. The summed E-state index contributed by atoms with van der Waals surface area (Å²) in [6.45, 7) is 2.47. The molecule has 0 radical (unpaired) electrons. The summed E-state index contributed by atoms with van der Waals surface area (Å²) in [5.41, 5.74) is 4.82. The quantitative estimate of drug-likeness (QED) is 0.556. The normalized spacial score (nSPS) is 11.1. The van der Waals surface area contributed by atoms with Crippen molar-refractivity contribution in [1.29, 1.82) is 0 Å². The molecule has 4 aromatic rings. The highest BCUT2D eigenvalue weighted by Crippen LogP contribution is 2.28. The van der Waals surface area contributed by atoms with E-state index in [0.717, 1.165) is 28.0 Å². The van der Waals surface area contributed by atoms with E-state index in [1.807, 2.05) is 54.0 Å². The summed E-state index contributed by atoms with van der Waals surface area (Å²) < 4.78 is 3.70. The summed E-state index contributed by atoms with van der Waals surface area (Å²) >= 11 is 6.17. The van der Waals surface area contributed by atoms with Gasteiger partial charge < -0.3 is 8.97 Å². The molecule has 4 rings (SSSR count). The van der Waals surface area contributed by atoms with Crippen LogP contribution in [0.4, 0.5) is 0 Å². The van der Waals surface area contributed by atoms with Gasteiger partial charge in [0.2, 0.25) is 0 Å². The van der Waals surface area contributed by atoms with Crippen LogP contribution in [0.25, 0.3) is 16.8 Å². The lowest BCUT2D eigenvalue weighted by Gasteiger charge is -2.10. The van der Waals surface area contributed by atoms with Crippen molar-refractivity contribution in [2.75, 3.05) is 0 Å². The van der Waals surface area contributed by atoms with Crippen LogP contribution in [0.2, 0.25) is 5.02 Å². The van der Waals surface area contributed by atoms with Crippen molar-refractivity contribution < 1.29 is 0 Å². The molecule has 0 aliphatic heterocycles. The predicted octanol–water partition coefficient (Wildman–Crippen LogP) is 4.17. The van der Waals surface area contributed by atoms with E-state index in [-0.39, 0.29) is 5.56 Å². The molecule has 1 aromatic carbocycles. The zero-order valence-corrected chi connectivity index (χ0v) is 14.4. The smallest absolute Gasteiger partial charge is 0.250 e. The molecule has 0 aliphatic rings. The first kappa shape index (κ1) is 15.7. The Morgan fingerprint density at radius 1 is 1.08 bits per heavy atom. The molecule has 0 atom stereocenters. The van der Waals surface area contributed by atoms with Crippen LogP contribution in [0.15, 0.2) is 71.9 Å². The Balaban J connectivity index is 1.89. The van der Waals surface area contributed by atoms with E-state index < -0.39 is 0 Å². The first-order chi connectivity index (χ1) is 12.1. The highest BCUT2D eigenvalue weighted by molar-refractivity contribution is 6.30. The van der Waals surface area contributed by atoms with Gasteiger partial charge in [0.25, 0.3) is 5.56 Å². The van der Waals surface area contributed by atoms with Crippen molar-refractivity contribution >= 4 is 17.2 Å². The molecule has 25 heavy (non-hydrogen) atoms. The van der Waals surface area contributed by atoms with Crippen molar-refractivity contribution in [2.24, 2.45) is 0 Å². The molecule has 0 N–H and O–H groups in total. The Bertz CT molecular complexity index is 1130. The van der Waals surface area contributed by atoms with E-state index in [2.05, 4.69) is 11.1 Å². The monoisotopic (exact) mass is 349 g/mol. The molecule has 3 heterocycles. The summed E-state index contributed by atoms with van der Waals surface area (Å²) in [6.07, 6.45) is 5.80. The van der Waals surface area contributed by atoms with Gasteiger partial charge in [0.05, 0.1) is 12.2 Å². The number of hydrogen-bond donors (Lipinski definition) is 0. The number of pyridine rings is 2. The fourth-order valence-corrected chi connectivity index (χ4v) is 3.21. The van der Waals surface area contributed by atoms with Gasteiger partial charge in [-0.25, -0.2) is 4.98 Å². The standard InChI is InChI=1S/C20H16ClN3O/c1-14-11-24-13-15(12-23-8-3-2-7-19(23)25)9-18(20(24)22-14)16-5-4-6-17(21)10-16/h2-11,13H,12H2,1H3. The summed E-state index contributed by atoms with van der Waals surface area (Å²) in [4.78, 5) is 16.7. The fraction of sp³-hybridized carbons (Fsp3) is 0.100. The highest BCUT2D eigenvalue weighted by atomic mass is 35.5. The van der Waals surface area contributed by atoms with Gasteiger partial charge in [-0.1, -0.05) is 29.8 Å². The van der Waals surface area contributed by atoms with Gasteiger partial charge in [0.15, 0.2) is 0 Å². The first-order valence-corrected chi connectivity index (χ1v) is 8.37. The van der Waals surface area contributed by atoms with Crippen molar-refractivity contribution in [3.05, 3.63) is 93.8 Å². The minimum absolute atomic E-state index is 0.0197. The van der Waals surface area contributed by atoms with Gasteiger partial charge >= 0.3 is 0 Å². The van der Waals surface area contributed by atoms with Crippen LogP contribution in [-0.2, 0) is 6.54 Å². The lowest BCUT2D eigenvalue weighted by molar-refractivity contribution is 0.755. The van der Waals surface area contributed by atoms with Gasteiger partial charge in [-0.3, -0.25) is 4.79 Å². The van der Waals surface area contributed by atoms with Crippen LogP contribution in [0.5, 0.6) is 0 Å². The Morgan fingerprint density at radius 2 is 1.96 bits per heavy atom. The van der Waals surface area contributed by atoms with Crippen molar-refractivity contribution in [3.8, 4) is 11.1 Å². The van der Waals surface area contributed by atoms with E-state index in [0.29, 0.717) is 11.6 Å². The number of rotatable bonds is 3. The van der Waals surface area contributed by atoms with Crippen molar-refractivity contribution in [2.45, 2.75) is 13.5 Å². The topological polar surface area (TPSA) is 39.3 Å². The highest BCUT2D eigenvalue weighted by Gasteiger charge is 2.10. The second-order valence-electron chi connectivity index (χ2n) is 6.05. The van der Waals surface area contributed by atoms with Crippen LogP contribution in [-0.4, -0.2) is 14.0 Å². The summed E-state index contributed by atoms with van der Waals surface area (Å²) in [5, 5.41) is 0.684. The molecule has 0 fully saturated rings. The predicted molar refractivity (Wildman–Crippen MR) is 100 cm³/mol. The van der Waals surface area contributed by atoms with E-state index in [9.17, 15) is 4.79 Å². The molecule has 0 spiro atoms. The van der Waals surface area contributed by atoms with Crippen molar-refractivity contribution in [3.63, 3.8) is 0 Å². The molecular weight excluding hydrogens is 334 g/mol. The van der Waals surface area contributed by atoms with Crippen LogP contribution in [0, 0.1) is 6.92 Å². The fourth-order valence-electron chi connectivity index (χ4n) is 3.02. The molecule has 0 bridgehead atoms. The number of halogens is 1. The van der Waals surface area contributed by atoms with Crippen LogP contribution in [0.3, 0.4) is 0 Å². The average Bonchev–Trinajstić information content (AvgIpc) is 2.96. The molecule has 3 aromatic heterocycles. The lowest BCUT2D eigenvalue weighted by atomic mass is 10.1. The maximum absolute atomic E-state index is 12.0. The van der Waals surface area contributed by atoms with Crippen LogP contribution in [0.1, 0.15) is 11.3 Å². The van der Waals surface area contributed by atoms with Gasteiger partial charge in [0.1, 0.15) is 5.65 Å². The van der Waals surface area contributed by atoms with Crippen LogP contribution >= 0.6 is 11.6 Å². The maximum atomic E-state index is 12.0. The molecule has 0 unspecified atom stereocenters. The Morgan fingerprint density at radius 3 is 2.76 bits per heavy atom. The number of hydrogen-bond acceptors (Lipinski definition) is 2. The number of benzene rings is 1. The molecule has 0 aliphatic carbocycles. The summed E-state index contributed by atoms with van der Waals surface area (Å²) in [5.74, 6) is 0. The summed E-state index contributed by atoms with van der Waals surface area (Å²) in [6, 6.07) is 15.0. The Labute approximate surface area is 150 Å². The molecule has 4 nitrogen and oxygen atoms in total. The maximum Gasteiger partial charge on any atom is 0.250 e. The lowest BCUT2D eigenvalue weighted by Crippen LogP contribution is -2.18. The average molecular weight is 350 g/mol. The molecule has 0 saturated heterocycles. The first-order valence-electron chi connectivity index (χ1n) is 8.00. The van der Waals surface area contributed by atoms with Gasteiger partial charge in [0, 0.05) is 35.2 Å². The second-order valence-corrected chi connectivity index (χ2v) is 6.49. The number of nitrogens with zero attached hydrogens (tertiary/aromatic N) is 3. The van der Waals surface area contributed by atoms with Gasteiger partial charge in [-0.15, -0.1) is 0 Å².